The smallest absolute Gasteiger partial charge is 0.191 e. The van der Waals surface area contributed by atoms with Gasteiger partial charge in [-0.25, -0.2) is 0 Å². The average molecular weight is 192 g/mol. The summed E-state index contributed by atoms with van der Waals surface area (Å²) in [6.07, 6.45) is 2.17. The van der Waals surface area contributed by atoms with Crippen LogP contribution in [-0.4, -0.2) is 33.7 Å². The zero-order valence-corrected chi connectivity index (χ0v) is 7.77. The van der Waals surface area contributed by atoms with E-state index < -0.39 is 0 Å². The Kier molecular flexibility index (Phi) is 2.70. The largest absolute Gasteiger partial charge is 0.316 e. The quantitative estimate of drug-likeness (QED) is 0.677. The number of hydrogen-bond acceptors (Lipinski definition) is 5. The van der Waals surface area contributed by atoms with Gasteiger partial charge in [0.15, 0.2) is 5.82 Å². The van der Waals surface area contributed by atoms with Gasteiger partial charge in [0.2, 0.25) is 0 Å². The van der Waals surface area contributed by atoms with Crippen molar-refractivity contribution in [1.29, 1.82) is 5.26 Å². The lowest BCUT2D eigenvalue weighted by Gasteiger charge is -2.24. The van der Waals surface area contributed by atoms with E-state index in [9.17, 15) is 0 Å². The molecule has 1 aliphatic heterocycles. The topological polar surface area (TPSA) is 90.3 Å². The molecule has 6 nitrogen and oxygen atoms in total. The second-order valence-electron chi connectivity index (χ2n) is 3.48. The van der Waals surface area contributed by atoms with Crippen molar-refractivity contribution in [3.05, 3.63) is 5.82 Å². The number of hydrogen-bond donors (Lipinski definition) is 2. The van der Waals surface area contributed by atoms with Gasteiger partial charge in [0.1, 0.15) is 5.92 Å². The third-order valence-corrected chi connectivity index (χ3v) is 2.59. The van der Waals surface area contributed by atoms with Crippen LogP contribution in [0.15, 0.2) is 0 Å². The summed E-state index contributed by atoms with van der Waals surface area (Å²) in [6.45, 7) is 1.91. The van der Waals surface area contributed by atoms with Crippen molar-refractivity contribution in [2.75, 3.05) is 13.1 Å². The molecule has 2 atom stereocenters. The molecule has 2 N–H and O–H groups in total. The van der Waals surface area contributed by atoms with Crippen LogP contribution in [0.25, 0.3) is 0 Å². The monoisotopic (exact) mass is 192 g/mol. The summed E-state index contributed by atoms with van der Waals surface area (Å²) in [6, 6.07) is 2.25. The van der Waals surface area contributed by atoms with Gasteiger partial charge in [-0.3, -0.25) is 0 Å². The summed E-state index contributed by atoms with van der Waals surface area (Å²) in [7, 11) is 0. The van der Waals surface area contributed by atoms with Gasteiger partial charge in [-0.1, -0.05) is 5.21 Å². The summed E-state index contributed by atoms with van der Waals surface area (Å²) >= 11 is 0. The molecule has 0 aliphatic carbocycles. The second-order valence-corrected chi connectivity index (χ2v) is 3.48. The molecule has 0 saturated carbocycles. The van der Waals surface area contributed by atoms with E-state index >= 15 is 0 Å². The minimum absolute atomic E-state index is 0.235. The van der Waals surface area contributed by atoms with Crippen LogP contribution in [0.4, 0.5) is 0 Å². The first-order chi connectivity index (χ1) is 6.92. The Morgan fingerprint density at radius 2 is 2.50 bits per heavy atom. The van der Waals surface area contributed by atoms with E-state index in [1.807, 2.05) is 0 Å². The SMILES string of the molecule is N#CC(c1nn[nH]n1)[C@H]1CCCNC1. The number of aromatic nitrogens is 4. The molecule has 1 fully saturated rings. The van der Waals surface area contributed by atoms with E-state index in [0.717, 1.165) is 25.9 Å². The molecule has 2 rings (SSSR count). The molecule has 0 spiro atoms. The average Bonchev–Trinajstić information content (AvgIpc) is 2.74. The van der Waals surface area contributed by atoms with Gasteiger partial charge in [0.05, 0.1) is 6.07 Å². The number of nitrogens with one attached hydrogen (secondary N) is 2. The van der Waals surface area contributed by atoms with Crippen LogP contribution < -0.4 is 5.32 Å². The van der Waals surface area contributed by atoms with Crippen molar-refractivity contribution in [3.8, 4) is 6.07 Å². The maximum absolute atomic E-state index is 9.05. The minimum atomic E-state index is -0.235. The van der Waals surface area contributed by atoms with Gasteiger partial charge in [0, 0.05) is 0 Å². The molecule has 74 valence electrons. The lowest BCUT2D eigenvalue weighted by atomic mass is 9.87. The lowest BCUT2D eigenvalue weighted by molar-refractivity contribution is 0.348. The highest BCUT2D eigenvalue weighted by Crippen LogP contribution is 2.25. The summed E-state index contributed by atoms with van der Waals surface area (Å²) < 4.78 is 0. The number of rotatable bonds is 2. The molecule has 0 amide bonds. The molecule has 1 saturated heterocycles. The Morgan fingerprint density at radius 1 is 1.57 bits per heavy atom. The van der Waals surface area contributed by atoms with E-state index in [1.165, 1.54) is 0 Å². The van der Waals surface area contributed by atoms with Crippen LogP contribution in [0.1, 0.15) is 24.6 Å². The Hall–Kier alpha value is -1.48. The fourth-order valence-corrected chi connectivity index (χ4v) is 1.84. The van der Waals surface area contributed by atoms with Crippen LogP contribution in [0.5, 0.6) is 0 Å². The summed E-state index contributed by atoms with van der Waals surface area (Å²) in [5.41, 5.74) is 0. The van der Waals surface area contributed by atoms with Crippen molar-refractivity contribution >= 4 is 0 Å². The van der Waals surface area contributed by atoms with E-state index in [-0.39, 0.29) is 5.92 Å². The molecule has 1 unspecified atom stereocenters. The van der Waals surface area contributed by atoms with E-state index in [4.69, 9.17) is 5.26 Å². The second kappa shape index (κ2) is 4.15. The minimum Gasteiger partial charge on any atom is -0.316 e. The van der Waals surface area contributed by atoms with Crippen LogP contribution in [0, 0.1) is 17.2 Å². The predicted octanol–water partition coefficient (Wildman–Crippen LogP) is -0.194. The highest BCUT2D eigenvalue weighted by Gasteiger charge is 2.27. The Balaban J connectivity index is 2.09. The zero-order chi connectivity index (χ0) is 9.80. The van der Waals surface area contributed by atoms with Gasteiger partial charge in [-0.15, -0.1) is 10.2 Å². The van der Waals surface area contributed by atoms with Crippen molar-refractivity contribution < 1.29 is 0 Å². The zero-order valence-electron chi connectivity index (χ0n) is 7.77. The molecule has 0 bridgehead atoms. The first-order valence-corrected chi connectivity index (χ1v) is 4.75. The standard InChI is InChI=1S/C8H12N6/c9-4-7(8-11-13-14-12-8)6-2-1-3-10-5-6/h6-7,10H,1-3,5H2,(H,11,12,13,14)/t6-,7?/m0/s1. The Labute approximate surface area is 81.7 Å². The third kappa shape index (κ3) is 1.72. The van der Waals surface area contributed by atoms with Crippen molar-refractivity contribution in [2.45, 2.75) is 18.8 Å². The Bertz CT molecular complexity index is 307. The fraction of sp³-hybridized carbons (Fsp3) is 0.750. The maximum atomic E-state index is 9.05. The highest BCUT2D eigenvalue weighted by molar-refractivity contribution is 5.08. The third-order valence-electron chi connectivity index (χ3n) is 2.59. The highest BCUT2D eigenvalue weighted by atomic mass is 15.5. The molecule has 0 aromatic carbocycles. The maximum Gasteiger partial charge on any atom is 0.191 e. The first kappa shape index (κ1) is 9.09. The van der Waals surface area contributed by atoms with Gasteiger partial charge < -0.3 is 5.32 Å². The summed E-state index contributed by atoms with van der Waals surface area (Å²) in [5.74, 6) is 0.592. The molecule has 6 heteroatoms. The molecule has 1 aromatic heterocycles. The molecular formula is C8H12N6. The number of nitriles is 1. The molecule has 0 radical (unpaired) electrons. The van der Waals surface area contributed by atoms with E-state index in [1.54, 1.807) is 0 Å². The van der Waals surface area contributed by atoms with Crippen molar-refractivity contribution in [1.82, 2.24) is 25.9 Å². The number of nitrogens with zero attached hydrogens (tertiary/aromatic N) is 4. The predicted molar refractivity (Wildman–Crippen MR) is 48.1 cm³/mol. The van der Waals surface area contributed by atoms with Gasteiger partial charge >= 0.3 is 0 Å². The van der Waals surface area contributed by atoms with Crippen LogP contribution >= 0.6 is 0 Å². The van der Waals surface area contributed by atoms with Gasteiger partial charge in [-0.2, -0.15) is 10.5 Å². The summed E-state index contributed by atoms with van der Waals surface area (Å²) in [4.78, 5) is 0. The Morgan fingerprint density at radius 3 is 3.07 bits per heavy atom. The van der Waals surface area contributed by atoms with Crippen LogP contribution in [-0.2, 0) is 0 Å². The molecule has 2 heterocycles. The van der Waals surface area contributed by atoms with Crippen LogP contribution in [0.2, 0.25) is 0 Å². The first-order valence-electron chi connectivity index (χ1n) is 4.75. The molecule has 1 aliphatic rings. The van der Waals surface area contributed by atoms with Crippen LogP contribution in [0.3, 0.4) is 0 Å². The van der Waals surface area contributed by atoms with Crippen molar-refractivity contribution in [2.24, 2.45) is 5.92 Å². The van der Waals surface area contributed by atoms with Gasteiger partial charge in [-0.05, 0) is 31.8 Å². The number of H-pyrrole nitrogens is 1. The number of tetrazole rings is 1. The van der Waals surface area contributed by atoms with E-state index in [0.29, 0.717) is 11.7 Å². The number of aromatic amines is 1. The lowest BCUT2D eigenvalue weighted by Crippen LogP contribution is -2.33. The molecular weight excluding hydrogens is 180 g/mol. The summed E-state index contributed by atoms with van der Waals surface area (Å²) in [5, 5.41) is 25.9. The number of piperidine rings is 1. The fourth-order valence-electron chi connectivity index (χ4n) is 1.84. The van der Waals surface area contributed by atoms with Gasteiger partial charge in [0.25, 0.3) is 0 Å². The normalized spacial score (nSPS) is 24.1. The van der Waals surface area contributed by atoms with Crippen molar-refractivity contribution in [3.63, 3.8) is 0 Å². The molecule has 1 aromatic rings. The molecule has 14 heavy (non-hydrogen) atoms. The van der Waals surface area contributed by atoms with E-state index in [2.05, 4.69) is 32.0 Å².